The fraction of sp³-hybridized carbons (Fsp3) is 0.500. The first-order valence-electron chi connectivity index (χ1n) is 5.43. The Balaban J connectivity index is 2.12. The lowest BCUT2D eigenvalue weighted by Gasteiger charge is -2.14. The van der Waals surface area contributed by atoms with Crippen molar-refractivity contribution in [3.63, 3.8) is 0 Å². The summed E-state index contributed by atoms with van der Waals surface area (Å²) in [6, 6.07) is 2.55. The van der Waals surface area contributed by atoms with E-state index in [9.17, 15) is 13.2 Å². The summed E-state index contributed by atoms with van der Waals surface area (Å²) in [4.78, 5) is 11.6. The number of thiophene rings is 1. The van der Waals surface area contributed by atoms with Crippen molar-refractivity contribution in [1.82, 2.24) is 10.0 Å². The van der Waals surface area contributed by atoms with Gasteiger partial charge in [0.15, 0.2) is 0 Å². The van der Waals surface area contributed by atoms with E-state index in [1.54, 1.807) is 11.4 Å². The standard InChI is InChI=1S/C10H14N2O3S2/c13-10-8(4-1-2-6-11-10)12-17(14,15)9-5-3-7-16-9/h3,5,7-8,12H,1-2,4,6H2,(H,11,13)/t8-/m1/s1. The molecule has 2 rings (SSSR count). The van der Waals surface area contributed by atoms with E-state index < -0.39 is 16.1 Å². The molecule has 2 N–H and O–H groups in total. The number of carbonyl (C=O) groups excluding carboxylic acids is 1. The molecule has 0 spiro atoms. The first-order valence-corrected chi connectivity index (χ1v) is 7.79. The molecular weight excluding hydrogens is 260 g/mol. The Hall–Kier alpha value is -0.920. The first kappa shape index (κ1) is 12.5. The summed E-state index contributed by atoms with van der Waals surface area (Å²) in [5, 5.41) is 4.40. The molecule has 1 aliphatic heterocycles. The molecule has 1 amide bonds. The number of hydrogen-bond donors (Lipinski definition) is 2. The van der Waals surface area contributed by atoms with Crippen molar-refractivity contribution in [2.24, 2.45) is 0 Å². The average Bonchev–Trinajstić information content (AvgIpc) is 2.74. The summed E-state index contributed by atoms with van der Waals surface area (Å²) < 4.78 is 26.6. The summed E-state index contributed by atoms with van der Waals surface area (Å²) in [5.74, 6) is -0.234. The topological polar surface area (TPSA) is 75.3 Å². The minimum atomic E-state index is -3.56. The maximum Gasteiger partial charge on any atom is 0.250 e. The highest BCUT2D eigenvalue weighted by atomic mass is 32.2. The van der Waals surface area contributed by atoms with Gasteiger partial charge in [0.1, 0.15) is 10.3 Å². The lowest BCUT2D eigenvalue weighted by atomic mass is 10.1. The summed E-state index contributed by atoms with van der Waals surface area (Å²) in [6.07, 6.45) is 2.29. The van der Waals surface area contributed by atoms with Crippen molar-refractivity contribution in [1.29, 1.82) is 0 Å². The summed E-state index contributed by atoms with van der Waals surface area (Å²) in [5.41, 5.74) is 0. The van der Waals surface area contributed by atoms with E-state index in [0.717, 1.165) is 24.2 Å². The van der Waals surface area contributed by atoms with Crippen molar-refractivity contribution in [3.8, 4) is 0 Å². The van der Waals surface area contributed by atoms with Crippen LogP contribution in [-0.2, 0) is 14.8 Å². The predicted molar refractivity (Wildman–Crippen MR) is 65.3 cm³/mol. The Morgan fingerprint density at radius 3 is 2.94 bits per heavy atom. The molecule has 17 heavy (non-hydrogen) atoms. The Morgan fingerprint density at radius 1 is 1.41 bits per heavy atom. The summed E-state index contributed by atoms with van der Waals surface area (Å²) in [6.45, 7) is 0.621. The van der Waals surface area contributed by atoms with Crippen LogP contribution < -0.4 is 10.0 Å². The van der Waals surface area contributed by atoms with Crippen LogP contribution in [0.1, 0.15) is 19.3 Å². The Morgan fingerprint density at radius 2 is 2.24 bits per heavy atom. The van der Waals surface area contributed by atoms with Crippen LogP contribution in [0.5, 0.6) is 0 Å². The molecule has 0 aliphatic carbocycles. The number of rotatable bonds is 3. The second kappa shape index (κ2) is 5.16. The van der Waals surface area contributed by atoms with Gasteiger partial charge in [-0.1, -0.05) is 6.07 Å². The molecule has 94 valence electrons. The van der Waals surface area contributed by atoms with Gasteiger partial charge in [-0.05, 0) is 30.7 Å². The number of carbonyl (C=O) groups is 1. The molecular formula is C10H14N2O3S2. The maximum atomic E-state index is 11.9. The van der Waals surface area contributed by atoms with E-state index in [4.69, 9.17) is 0 Å². The summed E-state index contributed by atoms with van der Waals surface area (Å²) in [7, 11) is -3.56. The van der Waals surface area contributed by atoms with Crippen LogP contribution in [-0.4, -0.2) is 26.9 Å². The average molecular weight is 274 g/mol. The summed E-state index contributed by atoms with van der Waals surface area (Å²) >= 11 is 1.14. The fourth-order valence-corrected chi connectivity index (χ4v) is 3.95. The largest absolute Gasteiger partial charge is 0.355 e. The molecule has 1 aromatic rings. The lowest BCUT2D eigenvalue weighted by molar-refractivity contribution is -0.122. The third kappa shape index (κ3) is 3.05. The number of amides is 1. The third-order valence-electron chi connectivity index (χ3n) is 2.59. The monoisotopic (exact) mass is 274 g/mol. The normalized spacial score (nSPS) is 21.9. The van der Waals surface area contributed by atoms with E-state index in [1.807, 2.05) is 0 Å². The van der Waals surface area contributed by atoms with E-state index >= 15 is 0 Å². The zero-order valence-corrected chi connectivity index (χ0v) is 10.8. The van der Waals surface area contributed by atoms with Crippen LogP contribution in [0, 0.1) is 0 Å². The van der Waals surface area contributed by atoms with Crippen LogP contribution >= 0.6 is 11.3 Å². The van der Waals surface area contributed by atoms with E-state index in [2.05, 4.69) is 10.0 Å². The predicted octanol–water partition coefficient (Wildman–Crippen LogP) is 0.695. The molecule has 0 saturated carbocycles. The highest BCUT2D eigenvalue weighted by molar-refractivity contribution is 7.91. The maximum absolute atomic E-state index is 11.9. The quantitative estimate of drug-likeness (QED) is 0.851. The van der Waals surface area contributed by atoms with Gasteiger partial charge in [-0.2, -0.15) is 4.72 Å². The molecule has 0 aromatic carbocycles. The van der Waals surface area contributed by atoms with Gasteiger partial charge >= 0.3 is 0 Å². The number of hydrogen-bond acceptors (Lipinski definition) is 4. The van der Waals surface area contributed by atoms with Gasteiger partial charge < -0.3 is 5.32 Å². The van der Waals surface area contributed by atoms with Gasteiger partial charge in [-0.25, -0.2) is 8.42 Å². The Kier molecular flexibility index (Phi) is 3.80. The highest BCUT2D eigenvalue weighted by Crippen LogP contribution is 2.17. The van der Waals surface area contributed by atoms with Crippen LogP contribution in [0.2, 0.25) is 0 Å². The third-order valence-corrected chi connectivity index (χ3v) is 5.46. The zero-order chi connectivity index (χ0) is 12.3. The molecule has 0 unspecified atom stereocenters. The van der Waals surface area contributed by atoms with E-state index in [1.165, 1.54) is 6.07 Å². The molecule has 1 atom stereocenters. The van der Waals surface area contributed by atoms with Gasteiger partial charge in [-0.15, -0.1) is 11.3 Å². The smallest absolute Gasteiger partial charge is 0.250 e. The van der Waals surface area contributed by atoms with E-state index in [-0.39, 0.29) is 10.1 Å². The minimum absolute atomic E-state index is 0.234. The Labute approximate surface area is 104 Å². The second-order valence-corrected chi connectivity index (χ2v) is 6.78. The van der Waals surface area contributed by atoms with Crippen molar-refractivity contribution in [2.75, 3.05) is 6.54 Å². The lowest BCUT2D eigenvalue weighted by Crippen LogP contribution is -2.45. The minimum Gasteiger partial charge on any atom is -0.355 e. The molecule has 7 heteroatoms. The molecule has 0 radical (unpaired) electrons. The van der Waals surface area contributed by atoms with Crippen molar-refractivity contribution in [3.05, 3.63) is 17.5 Å². The number of sulfonamides is 1. The zero-order valence-electron chi connectivity index (χ0n) is 9.18. The SMILES string of the molecule is O=C1NCCCC[C@H]1NS(=O)(=O)c1cccs1. The molecule has 1 fully saturated rings. The van der Waals surface area contributed by atoms with Crippen LogP contribution in [0.25, 0.3) is 0 Å². The van der Waals surface area contributed by atoms with E-state index in [0.29, 0.717) is 13.0 Å². The molecule has 1 aromatic heterocycles. The molecule has 1 aliphatic rings. The first-order chi connectivity index (χ1) is 8.09. The Bertz CT molecular complexity index is 482. The molecule has 5 nitrogen and oxygen atoms in total. The molecule has 2 heterocycles. The fourth-order valence-electron chi connectivity index (χ4n) is 1.71. The van der Waals surface area contributed by atoms with Gasteiger partial charge in [0.05, 0.1) is 0 Å². The van der Waals surface area contributed by atoms with Gasteiger partial charge in [0.2, 0.25) is 5.91 Å². The second-order valence-electron chi connectivity index (χ2n) is 3.89. The van der Waals surface area contributed by atoms with Crippen molar-refractivity contribution in [2.45, 2.75) is 29.5 Å². The van der Waals surface area contributed by atoms with Crippen molar-refractivity contribution >= 4 is 27.3 Å². The van der Waals surface area contributed by atoms with Gasteiger partial charge in [0.25, 0.3) is 10.0 Å². The van der Waals surface area contributed by atoms with Gasteiger partial charge in [-0.3, -0.25) is 4.79 Å². The molecule has 0 bridgehead atoms. The number of nitrogens with one attached hydrogen (secondary N) is 2. The highest BCUT2D eigenvalue weighted by Gasteiger charge is 2.26. The molecule has 1 saturated heterocycles. The van der Waals surface area contributed by atoms with Crippen molar-refractivity contribution < 1.29 is 13.2 Å². The van der Waals surface area contributed by atoms with Crippen LogP contribution in [0.15, 0.2) is 21.7 Å². The van der Waals surface area contributed by atoms with Gasteiger partial charge in [0, 0.05) is 6.54 Å². The van der Waals surface area contributed by atoms with Crippen LogP contribution in [0.4, 0.5) is 0 Å². The van der Waals surface area contributed by atoms with Crippen LogP contribution in [0.3, 0.4) is 0 Å².